The van der Waals surface area contributed by atoms with Crippen molar-refractivity contribution in [2.75, 3.05) is 0 Å². The van der Waals surface area contributed by atoms with Crippen molar-refractivity contribution in [1.29, 1.82) is 0 Å². The van der Waals surface area contributed by atoms with Gasteiger partial charge in [0.25, 0.3) is 0 Å². The second kappa shape index (κ2) is 3.13. The molecule has 4 heteroatoms. The molecular formula is C8H5F4. The first-order valence-electron chi connectivity index (χ1n) is 3.15. The summed E-state index contributed by atoms with van der Waals surface area (Å²) in [5, 5.41) is 0. The molecule has 0 nitrogen and oxygen atoms in total. The first-order valence-corrected chi connectivity index (χ1v) is 3.15. The molecule has 12 heavy (non-hydrogen) atoms. The molecule has 0 heterocycles. The Morgan fingerprint density at radius 3 is 1.92 bits per heavy atom. The van der Waals surface area contributed by atoms with Crippen LogP contribution < -0.4 is 0 Å². The molecule has 0 aromatic heterocycles. The zero-order chi connectivity index (χ0) is 9.19. The van der Waals surface area contributed by atoms with E-state index in [4.69, 9.17) is 0 Å². The number of alkyl halides is 3. The van der Waals surface area contributed by atoms with E-state index in [1.54, 1.807) is 0 Å². The molecule has 1 aromatic rings. The van der Waals surface area contributed by atoms with Gasteiger partial charge in [-0.05, 0) is 17.7 Å². The molecule has 0 aliphatic heterocycles. The van der Waals surface area contributed by atoms with Crippen LogP contribution in [0.2, 0.25) is 0 Å². The first-order chi connectivity index (χ1) is 5.47. The van der Waals surface area contributed by atoms with Crippen molar-refractivity contribution in [2.24, 2.45) is 0 Å². The van der Waals surface area contributed by atoms with E-state index in [2.05, 4.69) is 0 Å². The maximum atomic E-state index is 12.2. The Morgan fingerprint density at radius 2 is 1.50 bits per heavy atom. The van der Waals surface area contributed by atoms with Gasteiger partial charge in [0, 0.05) is 0 Å². The lowest BCUT2D eigenvalue weighted by atomic mass is 10.1. The summed E-state index contributed by atoms with van der Waals surface area (Å²) in [6, 6.07) is 4.11. The van der Waals surface area contributed by atoms with Crippen molar-refractivity contribution in [2.45, 2.75) is 6.18 Å². The maximum absolute atomic E-state index is 12.2. The zero-order valence-corrected chi connectivity index (χ0v) is 5.90. The van der Waals surface area contributed by atoms with Crippen molar-refractivity contribution in [3.05, 3.63) is 42.1 Å². The Labute approximate surface area is 66.8 Å². The van der Waals surface area contributed by atoms with Gasteiger partial charge in [-0.2, -0.15) is 13.2 Å². The van der Waals surface area contributed by atoms with Gasteiger partial charge in [-0.25, -0.2) is 4.39 Å². The summed E-state index contributed by atoms with van der Waals surface area (Å²) in [6.45, 7) is 0. The van der Waals surface area contributed by atoms with Crippen LogP contribution in [0.1, 0.15) is 5.56 Å². The average molecular weight is 177 g/mol. The van der Waals surface area contributed by atoms with Crippen LogP contribution in [-0.4, -0.2) is 6.18 Å². The number of hydrogen-bond acceptors (Lipinski definition) is 0. The summed E-state index contributed by atoms with van der Waals surface area (Å²) in [5.41, 5.74) is -0.0519. The van der Waals surface area contributed by atoms with Crippen LogP contribution in [0.4, 0.5) is 17.6 Å². The van der Waals surface area contributed by atoms with Crippen LogP contribution in [0.5, 0.6) is 0 Å². The fraction of sp³-hybridized carbons (Fsp3) is 0.125. The Morgan fingerprint density at radius 1 is 1.00 bits per heavy atom. The standard InChI is InChI=1S/C8H5F4/c9-7-3-1-6(2-4-7)5-8(10,11)12/h1-5H. The Bertz CT molecular complexity index is 247. The quantitative estimate of drug-likeness (QED) is 0.578. The SMILES string of the molecule is Fc1ccc([CH]C(F)(F)F)cc1. The van der Waals surface area contributed by atoms with Crippen LogP contribution in [-0.2, 0) is 0 Å². The van der Waals surface area contributed by atoms with Gasteiger partial charge in [-0.3, -0.25) is 0 Å². The molecule has 0 amide bonds. The average Bonchev–Trinajstić information content (AvgIpc) is 1.91. The lowest BCUT2D eigenvalue weighted by Gasteiger charge is -2.04. The van der Waals surface area contributed by atoms with Crippen LogP contribution in [0, 0.1) is 12.2 Å². The zero-order valence-electron chi connectivity index (χ0n) is 5.90. The Hall–Kier alpha value is -1.06. The van der Waals surface area contributed by atoms with Crippen LogP contribution in [0.25, 0.3) is 0 Å². The van der Waals surface area contributed by atoms with E-state index in [9.17, 15) is 17.6 Å². The Balaban J connectivity index is 2.71. The van der Waals surface area contributed by atoms with Crippen LogP contribution in [0.3, 0.4) is 0 Å². The monoisotopic (exact) mass is 177 g/mol. The van der Waals surface area contributed by atoms with E-state index in [0.29, 0.717) is 0 Å². The minimum Gasteiger partial charge on any atom is -0.207 e. The summed E-state index contributed by atoms with van der Waals surface area (Å²) >= 11 is 0. The molecule has 0 spiro atoms. The van der Waals surface area contributed by atoms with Gasteiger partial charge < -0.3 is 0 Å². The molecule has 0 aliphatic rings. The van der Waals surface area contributed by atoms with Crippen molar-refractivity contribution < 1.29 is 17.6 Å². The smallest absolute Gasteiger partial charge is 0.207 e. The fourth-order valence-electron chi connectivity index (χ4n) is 0.748. The molecule has 65 valence electrons. The number of halogens is 4. The lowest BCUT2D eigenvalue weighted by Crippen LogP contribution is -2.08. The molecule has 0 N–H and O–H groups in total. The summed E-state index contributed by atoms with van der Waals surface area (Å²) in [4.78, 5) is 0. The first kappa shape index (κ1) is 9.03. The van der Waals surface area contributed by atoms with E-state index in [1.165, 1.54) is 0 Å². The molecule has 0 unspecified atom stereocenters. The normalized spacial score (nSPS) is 11.7. The van der Waals surface area contributed by atoms with E-state index >= 15 is 0 Å². The minimum absolute atomic E-state index is 0.0519. The van der Waals surface area contributed by atoms with E-state index in [1.807, 2.05) is 0 Å². The topological polar surface area (TPSA) is 0 Å². The number of rotatable bonds is 1. The largest absolute Gasteiger partial charge is 0.396 e. The molecular weight excluding hydrogens is 172 g/mol. The molecule has 0 aliphatic carbocycles. The summed E-state index contributed by atoms with van der Waals surface area (Å²) in [7, 11) is 0. The van der Waals surface area contributed by atoms with Gasteiger partial charge >= 0.3 is 6.18 Å². The van der Waals surface area contributed by atoms with E-state index in [-0.39, 0.29) is 12.0 Å². The number of benzene rings is 1. The fourth-order valence-corrected chi connectivity index (χ4v) is 0.748. The van der Waals surface area contributed by atoms with E-state index < -0.39 is 12.0 Å². The van der Waals surface area contributed by atoms with Gasteiger partial charge in [0.05, 0.1) is 6.42 Å². The summed E-state index contributed by atoms with van der Waals surface area (Å²) < 4.78 is 47.3. The molecule has 0 atom stereocenters. The molecule has 1 radical (unpaired) electrons. The third-order valence-electron chi connectivity index (χ3n) is 1.20. The highest BCUT2D eigenvalue weighted by Crippen LogP contribution is 2.23. The predicted octanol–water partition coefficient (Wildman–Crippen LogP) is 2.94. The highest BCUT2D eigenvalue weighted by Gasteiger charge is 2.27. The third-order valence-corrected chi connectivity index (χ3v) is 1.20. The molecule has 1 rings (SSSR count). The van der Waals surface area contributed by atoms with Crippen LogP contribution >= 0.6 is 0 Å². The van der Waals surface area contributed by atoms with Gasteiger partial charge in [-0.1, -0.05) is 12.1 Å². The van der Waals surface area contributed by atoms with Crippen LogP contribution in [0.15, 0.2) is 24.3 Å². The minimum atomic E-state index is -4.35. The molecule has 0 bridgehead atoms. The van der Waals surface area contributed by atoms with Crippen molar-refractivity contribution >= 4 is 0 Å². The van der Waals surface area contributed by atoms with Crippen molar-refractivity contribution in [3.8, 4) is 0 Å². The van der Waals surface area contributed by atoms with Gasteiger partial charge in [0.2, 0.25) is 0 Å². The second-order valence-electron chi connectivity index (χ2n) is 2.24. The lowest BCUT2D eigenvalue weighted by molar-refractivity contribution is -0.0927. The van der Waals surface area contributed by atoms with Gasteiger partial charge in [-0.15, -0.1) is 0 Å². The molecule has 0 saturated heterocycles. The molecule has 0 saturated carbocycles. The predicted molar refractivity (Wildman–Crippen MR) is 35.9 cm³/mol. The van der Waals surface area contributed by atoms with E-state index in [0.717, 1.165) is 24.3 Å². The summed E-state index contributed by atoms with van der Waals surface area (Å²) in [5.74, 6) is -0.547. The summed E-state index contributed by atoms with van der Waals surface area (Å²) in [6.07, 6.45) is -4.23. The highest BCUT2D eigenvalue weighted by molar-refractivity contribution is 5.24. The number of hydrogen-bond donors (Lipinski definition) is 0. The van der Waals surface area contributed by atoms with Crippen molar-refractivity contribution in [3.63, 3.8) is 0 Å². The molecule has 1 aromatic carbocycles. The highest BCUT2D eigenvalue weighted by atomic mass is 19.4. The van der Waals surface area contributed by atoms with Crippen molar-refractivity contribution in [1.82, 2.24) is 0 Å². The Kier molecular flexibility index (Phi) is 2.35. The second-order valence-corrected chi connectivity index (χ2v) is 2.24. The van der Waals surface area contributed by atoms with Gasteiger partial charge in [0.15, 0.2) is 0 Å². The molecule has 0 fully saturated rings. The maximum Gasteiger partial charge on any atom is 0.396 e. The van der Waals surface area contributed by atoms with Gasteiger partial charge in [0.1, 0.15) is 5.82 Å². The third kappa shape index (κ3) is 2.90.